The highest BCUT2D eigenvalue weighted by Crippen LogP contribution is 2.39. The van der Waals surface area contributed by atoms with E-state index in [0.29, 0.717) is 33.7 Å². The zero-order valence-electron chi connectivity index (χ0n) is 20.7. The number of nitrogens with one attached hydrogen (secondary N) is 1. The molecule has 0 radical (unpaired) electrons. The first-order valence-corrected chi connectivity index (χ1v) is 12.1. The van der Waals surface area contributed by atoms with E-state index in [0.717, 1.165) is 11.3 Å². The van der Waals surface area contributed by atoms with Crippen molar-refractivity contribution in [1.82, 2.24) is 9.88 Å². The molecular formula is C28H26ClN3O5. The average Bonchev–Trinajstić information content (AvgIpc) is 3.58. The third kappa shape index (κ3) is 4.34. The summed E-state index contributed by atoms with van der Waals surface area (Å²) in [5.41, 5.74) is 1.29. The fraction of sp³-hybridized carbons (Fsp3) is 0.214. The van der Waals surface area contributed by atoms with Gasteiger partial charge in [-0.3, -0.25) is 14.5 Å². The van der Waals surface area contributed by atoms with Gasteiger partial charge in [-0.25, -0.2) is 0 Å². The van der Waals surface area contributed by atoms with Gasteiger partial charge in [0.2, 0.25) is 5.91 Å². The monoisotopic (exact) mass is 519 g/mol. The van der Waals surface area contributed by atoms with E-state index in [1.807, 2.05) is 28.8 Å². The van der Waals surface area contributed by atoms with Gasteiger partial charge < -0.3 is 23.8 Å². The normalized spacial score (nSPS) is 16.9. The fourth-order valence-electron chi connectivity index (χ4n) is 4.70. The van der Waals surface area contributed by atoms with Crippen LogP contribution in [0.15, 0.2) is 77.4 Å². The smallest absolute Gasteiger partial charge is 0.275 e. The lowest BCUT2D eigenvalue weighted by Gasteiger charge is -2.44. The molecule has 2 aromatic heterocycles. The van der Waals surface area contributed by atoms with Gasteiger partial charge in [0.25, 0.3) is 5.91 Å². The lowest BCUT2D eigenvalue weighted by Crippen LogP contribution is -2.64. The number of fused-ring (bicyclic) bond motifs is 1. The number of anilines is 1. The van der Waals surface area contributed by atoms with Gasteiger partial charge in [-0.05, 0) is 61.0 Å². The number of hydrogen-bond donors (Lipinski definition) is 1. The molecule has 190 valence electrons. The number of aromatic nitrogens is 1. The van der Waals surface area contributed by atoms with Crippen LogP contribution in [0, 0.1) is 0 Å². The number of nitrogens with zero attached hydrogens (tertiary/aromatic N) is 2. The number of hydrogen-bond acceptors (Lipinski definition) is 5. The van der Waals surface area contributed by atoms with Crippen LogP contribution >= 0.6 is 11.6 Å². The van der Waals surface area contributed by atoms with E-state index in [4.69, 9.17) is 25.5 Å². The molecule has 0 saturated heterocycles. The van der Waals surface area contributed by atoms with Gasteiger partial charge in [-0.15, -0.1) is 0 Å². The number of furan rings is 1. The molecule has 1 atom stereocenters. The van der Waals surface area contributed by atoms with Gasteiger partial charge in [0.15, 0.2) is 11.5 Å². The first kappa shape index (κ1) is 24.5. The zero-order valence-corrected chi connectivity index (χ0v) is 21.4. The minimum Gasteiger partial charge on any atom is -0.493 e. The Balaban J connectivity index is 1.57. The summed E-state index contributed by atoms with van der Waals surface area (Å²) < 4.78 is 18.3. The molecule has 0 bridgehead atoms. The minimum atomic E-state index is -1.28. The van der Waals surface area contributed by atoms with E-state index >= 15 is 0 Å². The summed E-state index contributed by atoms with van der Waals surface area (Å²) in [7, 11) is 3.07. The van der Waals surface area contributed by atoms with Crippen LogP contribution in [0.2, 0.25) is 5.02 Å². The van der Waals surface area contributed by atoms with Crippen LogP contribution in [-0.4, -0.2) is 36.1 Å². The molecule has 2 amide bonds. The second kappa shape index (κ2) is 9.71. The molecule has 1 aliphatic heterocycles. The van der Waals surface area contributed by atoms with Crippen molar-refractivity contribution in [2.24, 2.45) is 0 Å². The summed E-state index contributed by atoms with van der Waals surface area (Å²) in [6.45, 7) is 2.24. The predicted octanol–water partition coefficient (Wildman–Crippen LogP) is 5.15. The van der Waals surface area contributed by atoms with Crippen LogP contribution in [0.3, 0.4) is 0 Å². The quantitative estimate of drug-likeness (QED) is 0.365. The van der Waals surface area contributed by atoms with E-state index in [2.05, 4.69) is 5.32 Å². The van der Waals surface area contributed by atoms with Crippen LogP contribution in [0.4, 0.5) is 5.69 Å². The van der Waals surface area contributed by atoms with E-state index in [1.165, 1.54) is 12.0 Å². The Morgan fingerprint density at radius 3 is 2.43 bits per heavy atom. The fourth-order valence-corrected chi connectivity index (χ4v) is 4.82. The van der Waals surface area contributed by atoms with Crippen molar-refractivity contribution in [2.45, 2.75) is 25.6 Å². The number of carbonyl (C=O) groups is 2. The Labute approximate surface area is 219 Å². The van der Waals surface area contributed by atoms with Gasteiger partial charge in [-0.1, -0.05) is 23.7 Å². The SMILES string of the molecule is COc1ccc(N2C(=O)c3ccc(-c4ccco4)n3C[C@@]2(C)C(=O)NCc2ccc(Cl)cc2)cc1OC. The largest absolute Gasteiger partial charge is 0.493 e. The van der Waals surface area contributed by atoms with Crippen LogP contribution in [-0.2, 0) is 17.9 Å². The first-order valence-electron chi connectivity index (χ1n) is 11.7. The maximum absolute atomic E-state index is 14.0. The van der Waals surface area contributed by atoms with Crippen LogP contribution < -0.4 is 19.7 Å². The maximum atomic E-state index is 14.0. The highest BCUT2D eigenvalue weighted by atomic mass is 35.5. The minimum absolute atomic E-state index is 0.206. The van der Waals surface area contributed by atoms with Crippen molar-refractivity contribution in [2.75, 3.05) is 19.1 Å². The number of methoxy groups -OCH3 is 2. The third-order valence-electron chi connectivity index (χ3n) is 6.62. The number of ether oxygens (including phenoxy) is 2. The van der Waals surface area contributed by atoms with E-state index < -0.39 is 5.54 Å². The molecule has 2 aromatic carbocycles. The number of benzene rings is 2. The molecular weight excluding hydrogens is 494 g/mol. The summed E-state index contributed by atoms with van der Waals surface area (Å²) in [4.78, 5) is 29.4. The molecule has 1 aliphatic rings. The summed E-state index contributed by atoms with van der Waals surface area (Å²) in [5.74, 6) is 0.959. The van der Waals surface area contributed by atoms with Crippen molar-refractivity contribution in [3.63, 3.8) is 0 Å². The second-order valence-corrected chi connectivity index (χ2v) is 9.37. The molecule has 4 aromatic rings. The molecule has 0 spiro atoms. The number of halogens is 1. The average molecular weight is 520 g/mol. The molecule has 37 heavy (non-hydrogen) atoms. The summed E-state index contributed by atoms with van der Waals surface area (Å²) >= 11 is 6.00. The number of rotatable bonds is 7. The Kier molecular flexibility index (Phi) is 6.43. The lowest BCUT2D eigenvalue weighted by atomic mass is 9.93. The Morgan fingerprint density at radius 2 is 1.76 bits per heavy atom. The van der Waals surface area contributed by atoms with E-state index in [1.54, 1.807) is 62.8 Å². The molecule has 0 unspecified atom stereocenters. The van der Waals surface area contributed by atoms with E-state index in [-0.39, 0.29) is 24.9 Å². The number of carbonyl (C=O) groups excluding carboxylic acids is 2. The lowest BCUT2D eigenvalue weighted by molar-refractivity contribution is -0.126. The van der Waals surface area contributed by atoms with Crippen molar-refractivity contribution in [3.05, 3.63) is 89.3 Å². The second-order valence-electron chi connectivity index (χ2n) is 8.93. The van der Waals surface area contributed by atoms with Crippen molar-refractivity contribution in [3.8, 4) is 23.0 Å². The maximum Gasteiger partial charge on any atom is 0.275 e. The zero-order chi connectivity index (χ0) is 26.2. The van der Waals surface area contributed by atoms with Gasteiger partial charge >= 0.3 is 0 Å². The number of amides is 2. The van der Waals surface area contributed by atoms with Crippen molar-refractivity contribution < 1.29 is 23.5 Å². The summed E-state index contributed by atoms with van der Waals surface area (Å²) in [6, 6.07) is 19.6. The molecule has 5 rings (SSSR count). The van der Waals surface area contributed by atoms with Crippen molar-refractivity contribution >= 4 is 29.1 Å². The van der Waals surface area contributed by atoms with Gasteiger partial charge in [0.1, 0.15) is 17.0 Å². The van der Waals surface area contributed by atoms with Gasteiger partial charge in [0, 0.05) is 23.3 Å². The summed E-state index contributed by atoms with van der Waals surface area (Å²) in [6.07, 6.45) is 1.58. The van der Waals surface area contributed by atoms with Crippen molar-refractivity contribution in [1.29, 1.82) is 0 Å². The standard InChI is InChI=1S/C28H26ClN3O5/c1-28(27(34)30-16-18-6-8-19(29)9-7-18)17-31-21(23-5-4-14-37-23)11-12-22(31)26(33)32(28)20-10-13-24(35-2)25(15-20)36-3/h4-15H,16-17H2,1-3H3,(H,30,34)/t28-/m0/s1. The highest BCUT2D eigenvalue weighted by molar-refractivity contribution is 6.30. The highest BCUT2D eigenvalue weighted by Gasteiger charge is 2.49. The van der Waals surface area contributed by atoms with E-state index in [9.17, 15) is 9.59 Å². The van der Waals surface area contributed by atoms with Crippen LogP contribution in [0.25, 0.3) is 11.5 Å². The Bertz CT molecular complexity index is 1450. The Morgan fingerprint density at radius 1 is 1.03 bits per heavy atom. The third-order valence-corrected chi connectivity index (χ3v) is 6.87. The molecule has 3 heterocycles. The topological polar surface area (TPSA) is 85.9 Å². The molecule has 9 heteroatoms. The van der Waals surface area contributed by atoms with Gasteiger partial charge in [-0.2, -0.15) is 0 Å². The molecule has 8 nitrogen and oxygen atoms in total. The molecule has 0 saturated carbocycles. The van der Waals surface area contributed by atoms with Crippen LogP contribution in [0.1, 0.15) is 23.0 Å². The van der Waals surface area contributed by atoms with Gasteiger partial charge in [0.05, 0.1) is 32.7 Å². The molecule has 0 aliphatic carbocycles. The molecule has 0 fully saturated rings. The predicted molar refractivity (Wildman–Crippen MR) is 140 cm³/mol. The van der Waals surface area contributed by atoms with Crippen LogP contribution in [0.5, 0.6) is 11.5 Å². The molecule has 1 N–H and O–H groups in total. The Hall–Kier alpha value is -4.17. The first-order chi connectivity index (χ1) is 17.9. The summed E-state index contributed by atoms with van der Waals surface area (Å²) in [5, 5.41) is 3.62.